The maximum absolute atomic E-state index is 5.81. The summed E-state index contributed by atoms with van der Waals surface area (Å²) in [6, 6.07) is 5.60. The Morgan fingerprint density at radius 2 is 2.00 bits per heavy atom. The Labute approximate surface area is 71.6 Å². The largest absolute Gasteiger partial charge is 0.396 e. The third-order valence-electron chi connectivity index (χ3n) is 1.51. The Kier molecular flexibility index (Phi) is 2.25. The summed E-state index contributed by atoms with van der Waals surface area (Å²) in [6.07, 6.45) is 0. The standard InChI is InChI=1S/C8H11ClN2/c1-11(2)7-5-3-4-6(9)8(7)10/h3-5H,10H2,1-2H3. The first-order valence-electron chi connectivity index (χ1n) is 3.34. The summed E-state index contributed by atoms with van der Waals surface area (Å²) in [6.45, 7) is 0. The highest BCUT2D eigenvalue weighted by Crippen LogP contribution is 2.28. The molecule has 3 heteroatoms. The first-order chi connectivity index (χ1) is 5.13. The normalized spacial score (nSPS) is 9.73. The third-order valence-corrected chi connectivity index (χ3v) is 1.84. The van der Waals surface area contributed by atoms with Crippen LogP contribution in [0.2, 0.25) is 5.02 Å². The molecule has 0 aliphatic rings. The van der Waals surface area contributed by atoms with Gasteiger partial charge in [0.25, 0.3) is 0 Å². The molecule has 0 heterocycles. The summed E-state index contributed by atoms with van der Waals surface area (Å²) in [5, 5.41) is 0.608. The molecule has 2 N–H and O–H groups in total. The molecule has 1 aromatic rings. The SMILES string of the molecule is CN(C)c1cccc(Cl)c1N. The van der Waals surface area contributed by atoms with E-state index in [4.69, 9.17) is 17.3 Å². The topological polar surface area (TPSA) is 29.3 Å². The maximum Gasteiger partial charge on any atom is 0.0741 e. The first kappa shape index (κ1) is 8.21. The van der Waals surface area contributed by atoms with Crippen LogP contribution >= 0.6 is 11.6 Å². The van der Waals surface area contributed by atoms with E-state index in [-0.39, 0.29) is 0 Å². The minimum atomic E-state index is 0.608. The zero-order valence-corrected chi connectivity index (χ0v) is 7.39. The lowest BCUT2D eigenvalue weighted by molar-refractivity contribution is 1.13. The van der Waals surface area contributed by atoms with Crippen LogP contribution in [0.15, 0.2) is 18.2 Å². The number of nitrogen functional groups attached to an aromatic ring is 1. The summed E-state index contributed by atoms with van der Waals surface area (Å²) in [4.78, 5) is 1.93. The molecule has 2 nitrogen and oxygen atoms in total. The average molecular weight is 171 g/mol. The fourth-order valence-electron chi connectivity index (χ4n) is 0.916. The lowest BCUT2D eigenvalue weighted by Crippen LogP contribution is -2.10. The number of anilines is 2. The minimum absolute atomic E-state index is 0.608. The molecule has 1 aromatic carbocycles. The van der Waals surface area contributed by atoms with Gasteiger partial charge in [0.1, 0.15) is 0 Å². The van der Waals surface area contributed by atoms with Gasteiger partial charge in [-0.1, -0.05) is 17.7 Å². The molecule has 11 heavy (non-hydrogen) atoms. The van der Waals surface area contributed by atoms with Crippen LogP contribution < -0.4 is 10.6 Å². The van der Waals surface area contributed by atoms with E-state index in [1.165, 1.54) is 0 Å². The maximum atomic E-state index is 5.81. The van der Waals surface area contributed by atoms with Gasteiger partial charge < -0.3 is 10.6 Å². The number of nitrogens with two attached hydrogens (primary N) is 1. The van der Waals surface area contributed by atoms with Gasteiger partial charge >= 0.3 is 0 Å². The molecule has 0 saturated heterocycles. The third kappa shape index (κ3) is 1.57. The zero-order valence-electron chi connectivity index (χ0n) is 6.63. The zero-order chi connectivity index (χ0) is 8.43. The Hall–Kier alpha value is -0.890. The van der Waals surface area contributed by atoms with Gasteiger partial charge in [0.05, 0.1) is 16.4 Å². The highest BCUT2D eigenvalue weighted by atomic mass is 35.5. The molecule has 0 aromatic heterocycles. The average Bonchev–Trinajstić information content (AvgIpc) is 1.94. The van der Waals surface area contributed by atoms with E-state index in [0.29, 0.717) is 10.7 Å². The van der Waals surface area contributed by atoms with Crippen molar-refractivity contribution < 1.29 is 0 Å². The second-order valence-corrected chi connectivity index (χ2v) is 2.97. The van der Waals surface area contributed by atoms with Gasteiger partial charge in [0.15, 0.2) is 0 Å². The lowest BCUT2D eigenvalue weighted by Gasteiger charge is -2.15. The van der Waals surface area contributed by atoms with Crippen molar-refractivity contribution >= 4 is 23.0 Å². The van der Waals surface area contributed by atoms with E-state index in [9.17, 15) is 0 Å². The number of hydrogen-bond acceptors (Lipinski definition) is 2. The molecule has 60 valence electrons. The van der Waals surface area contributed by atoms with Gasteiger partial charge in [-0.2, -0.15) is 0 Å². The second-order valence-electron chi connectivity index (χ2n) is 2.57. The van der Waals surface area contributed by atoms with E-state index in [1.54, 1.807) is 6.07 Å². The van der Waals surface area contributed by atoms with E-state index in [1.807, 2.05) is 31.1 Å². The van der Waals surface area contributed by atoms with Gasteiger partial charge in [0, 0.05) is 14.1 Å². The number of halogens is 1. The first-order valence-corrected chi connectivity index (χ1v) is 3.72. The molecule has 0 aliphatic carbocycles. The van der Waals surface area contributed by atoms with Crippen molar-refractivity contribution in [2.24, 2.45) is 0 Å². The molecule has 0 amide bonds. The fourth-order valence-corrected chi connectivity index (χ4v) is 1.09. The summed E-state index contributed by atoms with van der Waals surface area (Å²) in [5.74, 6) is 0. The summed E-state index contributed by atoms with van der Waals surface area (Å²) in [5.41, 5.74) is 7.30. The van der Waals surface area contributed by atoms with Crippen molar-refractivity contribution in [2.75, 3.05) is 24.7 Å². The van der Waals surface area contributed by atoms with E-state index < -0.39 is 0 Å². The Bertz CT molecular complexity index is 258. The number of benzene rings is 1. The van der Waals surface area contributed by atoms with Crippen molar-refractivity contribution in [3.8, 4) is 0 Å². The highest BCUT2D eigenvalue weighted by Gasteiger charge is 2.02. The smallest absolute Gasteiger partial charge is 0.0741 e. The molecule has 0 radical (unpaired) electrons. The summed E-state index contributed by atoms with van der Waals surface area (Å²) in [7, 11) is 3.87. The number of hydrogen-bond donors (Lipinski definition) is 1. The van der Waals surface area contributed by atoms with Gasteiger partial charge in [-0.25, -0.2) is 0 Å². The monoisotopic (exact) mass is 170 g/mol. The quantitative estimate of drug-likeness (QED) is 0.654. The van der Waals surface area contributed by atoms with E-state index >= 15 is 0 Å². The number of nitrogens with zero attached hydrogens (tertiary/aromatic N) is 1. The van der Waals surface area contributed by atoms with Gasteiger partial charge in [0.2, 0.25) is 0 Å². The summed E-state index contributed by atoms with van der Waals surface area (Å²) >= 11 is 5.81. The predicted molar refractivity (Wildman–Crippen MR) is 50.2 cm³/mol. The van der Waals surface area contributed by atoms with E-state index in [0.717, 1.165) is 5.69 Å². The van der Waals surface area contributed by atoms with Crippen molar-refractivity contribution in [3.63, 3.8) is 0 Å². The van der Waals surface area contributed by atoms with Gasteiger partial charge in [-0.15, -0.1) is 0 Å². The predicted octanol–water partition coefficient (Wildman–Crippen LogP) is 1.99. The fraction of sp³-hybridized carbons (Fsp3) is 0.250. The molecule has 0 atom stereocenters. The van der Waals surface area contributed by atoms with Gasteiger partial charge in [-0.05, 0) is 12.1 Å². The minimum Gasteiger partial charge on any atom is -0.396 e. The molecule has 1 rings (SSSR count). The Morgan fingerprint density at radius 3 is 2.45 bits per heavy atom. The number of rotatable bonds is 1. The van der Waals surface area contributed by atoms with Crippen LogP contribution in [0.4, 0.5) is 11.4 Å². The van der Waals surface area contributed by atoms with Crippen molar-refractivity contribution in [2.45, 2.75) is 0 Å². The van der Waals surface area contributed by atoms with Crippen LogP contribution in [0.3, 0.4) is 0 Å². The molecule has 0 unspecified atom stereocenters. The van der Waals surface area contributed by atoms with Crippen LogP contribution in [-0.4, -0.2) is 14.1 Å². The molecule has 0 spiro atoms. The Morgan fingerprint density at radius 1 is 1.36 bits per heavy atom. The van der Waals surface area contributed by atoms with Crippen LogP contribution in [0.1, 0.15) is 0 Å². The molecular formula is C8H11ClN2. The number of para-hydroxylation sites is 1. The molecular weight excluding hydrogens is 160 g/mol. The van der Waals surface area contributed by atoms with Crippen molar-refractivity contribution in [1.29, 1.82) is 0 Å². The summed E-state index contributed by atoms with van der Waals surface area (Å²) < 4.78 is 0. The lowest BCUT2D eigenvalue weighted by atomic mass is 10.2. The molecule has 0 aliphatic heterocycles. The van der Waals surface area contributed by atoms with E-state index in [2.05, 4.69) is 0 Å². The van der Waals surface area contributed by atoms with Crippen LogP contribution in [0.25, 0.3) is 0 Å². The molecule has 0 fully saturated rings. The van der Waals surface area contributed by atoms with Crippen molar-refractivity contribution in [1.82, 2.24) is 0 Å². The van der Waals surface area contributed by atoms with Crippen LogP contribution in [-0.2, 0) is 0 Å². The van der Waals surface area contributed by atoms with Gasteiger partial charge in [-0.3, -0.25) is 0 Å². The van der Waals surface area contributed by atoms with Crippen LogP contribution in [0.5, 0.6) is 0 Å². The van der Waals surface area contributed by atoms with Crippen molar-refractivity contribution in [3.05, 3.63) is 23.2 Å². The Balaban J connectivity index is 3.17. The highest BCUT2D eigenvalue weighted by molar-refractivity contribution is 6.33. The molecule has 0 bridgehead atoms. The van der Waals surface area contributed by atoms with Crippen LogP contribution in [0, 0.1) is 0 Å². The second kappa shape index (κ2) is 3.01. The molecule has 0 saturated carbocycles.